The molecule has 0 saturated carbocycles. The minimum atomic E-state index is 0.545. The van der Waals surface area contributed by atoms with Gasteiger partial charge in [-0.15, -0.1) is 0 Å². The fraction of sp³-hybridized carbons (Fsp3) is 0. The zero-order chi connectivity index (χ0) is 49.8. The fourth-order valence-corrected chi connectivity index (χ4v) is 11.8. The van der Waals surface area contributed by atoms with E-state index in [9.17, 15) is 0 Å². The van der Waals surface area contributed by atoms with Gasteiger partial charge in [0.2, 0.25) is 0 Å². The molecule has 0 bridgehead atoms. The largest absolute Gasteiger partial charge is 0.456 e. The quantitative estimate of drug-likeness (QED) is 0.159. The molecule has 0 aliphatic carbocycles. The predicted molar refractivity (Wildman–Crippen MR) is 310 cm³/mol. The van der Waals surface area contributed by atoms with Gasteiger partial charge < -0.3 is 18.0 Å². The number of para-hydroxylation sites is 4. The van der Waals surface area contributed by atoms with Crippen LogP contribution in [0.15, 0.2) is 258 Å². The molecule has 0 aliphatic heterocycles. The van der Waals surface area contributed by atoms with Crippen molar-refractivity contribution in [2.24, 2.45) is 0 Å². The first kappa shape index (κ1) is 42.2. The van der Waals surface area contributed by atoms with Crippen LogP contribution in [0.2, 0.25) is 0 Å². The standard InChI is InChI=1S/C69H41N5O2/c1-4-17-42(18-5-1)67-70-68(51-26-15-31-62-65(51)54-40-44(34-37-60(54)75-62)43-33-36-58-53(39-43)49-23-10-12-28-56(49)73(58)46-19-6-2-7-20-46)72-69(71-67)52-27-16-32-63-66(52)55-41-45(35-38-61(55)76-63)48-25-14-30-59-64(48)50-24-11-13-29-57(50)74(59)47-21-8-3-9-22-47/h1-41H. The number of rotatable bonds is 7. The summed E-state index contributed by atoms with van der Waals surface area (Å²) in [5.41, 5.74) is 17.0. The van der Waals surface area contributed by atoms with Gasteiger partial charge in [0.05, 0.1) is 22.1 Å². The van der Waals surface area contributed by atoms with Crippen molar-refractivity contribution >= 4 is 87.5 Å². The highest BCUT2D eigenvalue weighted by Crippen LogP contribution is 2.44. The maximum Gasteiger partial charge on any atom is 0.164 e. The van der Waals surface area contributed by atoms with Crippen LogP contribution in [0.5, 0.6) is 0 Å². The first-order valence-corrected chi connectivity index (χ1v) is 25.6. The second-order valence-electron chi connectivity index (χ2n) is 19.5. The molecule has 0 fully saturated rings. The molecule has 0 unspecified atom stereocenters. The lowest BCUT2D eigenvalue weighted by molar-refractivity contribution is 0.668. The summed E-state index contributed by atoms with van der Waals surface area (Å²) in [7, 11) is 0. The van der Waals surface area contributed by atoms with Gasteiger partial charge in [0.15, 0.2) is 17.5 Å². The topological polar surface area (TPSA) is 74.8 Å². The molecule has 16 rings (SSSR count). The Kier molecular flexibility index (Phi) is 9.20. The molecule has 7 heteroatoms. The van der Waals surface area contributed by atoms with Crippen LogP contribution in [0.3, 0.4) is 0 Å². The molecule has 7 nitrogen and oxygen atoms in total. The van der Waals surface area contributed by atoms with E-state index < -0.39 is 0 Å². The second kappa shape index (κ2) is 16.6. The Bertz CT molecular complexity index is 4990. The Hall–Kier alpha value is -10.4. The van der Waals surface area contributed by atoms with Crippen LogP contribution < -0.4 is 0 Å². The van der Waals surface area contributed by atoms with Gasteiger partial charge in [0, 0.05) is 71.2 Å². The summed E-state index contributed by atoms with van der Waals surface area (Å²) in [6.45, 7) is 0. The van der Waals surface area contributed by atoms with Crippen molar-refractivity contribution in [2.45, 2.75) is 0 Å². The lowest BCUT2D eigenvalue weighted by Gasteiger charge is -2.10. The maximum atomic E-state index is 6.68. The summed E-state index contributed by atoms with van der Waals surface area (Å²) in [5, 5.41) is 8.64. The number of benzene rings is 11. The van der Waals surface area contributed by atoms with Crippen molar-refractivity contribution in [3.8, 4) is 67.8 Å². The third-order valence-electron chi connectivity index (χ3n) is 15.2. The van der Waals surface area contributed by atoms with Crippen LogP contribution >= 0.6 is 0 Å². The third-order valence-corrected chi connectivity index (χ3v) is 15.2. The molecule has 5 heterocycles. The number of fused-ring (bicyclic) bond motifs is 12. The number of furan rings is 2. The van der Waals surface area contributed by atoms with Crippen LogP contribution in [0.25, 0.3) is 155 Å². The van der Waals surface area contributed by atoms with E-state index in [1.807, 2.05) is 54.6 Å². The van der Waals surface area contributed by atoms with Crippen molar-refractivity contribution < 1.29 is 8.83 Å². The third kappa shape index (κ3) is 6.46. The van der Waals surface area contributed by atoms with Gasteiger partial charge in [-0.1, -0.05) is 158 Å². The highest BCUT2D eigenvalue weighted by atomic mass is 16.3. The number of nitrogens with zero attached hydrogens (tertiary/aromatic N) is 5. The van der Waals surface area contributed by atoms with Crippen molar-refractivity contribution in [1.82, 2.24) is 24.1 Å². The van der Waals surface area contributed by atoms with Crippen molar-refractivity contribution in [3.05, 3.63) is 249 Å². The number of hydrogen-bond acceptors (Lipinski definition) is 5. The van der Waals surface area contributed by atoms with E-state index in [0.29, 0.717) is 17.5 Å². The molecule has 0 spiro atoms. The molecule has 0 atom stereocenters. The van der Waals surface area contributed by atoms with Gasteiger partial charge >= 0.3 is 0 Å². The molecule has 0 N–H and O–H groups in total. The summed E-state index contributed by atoms with van der Waals surface area (Å²) < 4.78 is 18.0. The summed E-state index contributed by atoms with van der Waals surface area (Å²) in [6, 6.07) is 87.3. The fourth-order valence-electron chi connectivity index (χ4n) is 11.8. The Labute approximate surface area is 434 Å². The maximum absolute atomic E-state index is 6.68. The zero-order valence-electron chi connectivity index (χ0n) is 40.7. The van der Waals surface area contributed by atoms with Crippen molar-refractivity contribution in [1.29, 1.82) is 0 Å². The van der Waals surface area contributed by atoms with Gasteiger partial charge in [-0.2, -0.15) is 0 Å². The van der Waals surface area contributed by atoms with Crippen LogP contribution in [-0.2, 0) is 0 Å². The number of aromatic nitrogens is 5. The Balaban J connectivity index is 0.868. The normalized spacial score (nSPS) is 11.9. The lowest BCUT2D eigenvalue weighted by atomic mass is 9.97. The van der Waals surface area contributed by atoms with Crippen LogP contribution in [0, 0.1) is 0 Å². The SMILES string of the molecule is c1ccc(-c2nc(-c3cccc4oc5ccc(-c6ccc7c(c6)c6ccccc6n7-c6ccccc6)cc5c34)nc(-c3cccc4oc5ccc(-c6cccc7c6c6ccccc6n7-c6ccccc6)cc5c34)n2)cc1. The summed E-state index contributed by atoms with van der Waals surface area (Å²) in [5.74, 6) is 1.66. The van der Waals surface area contributed by atoms with Crippen LogP contribution in [-0.4, -0.2) is 24.1 Å². The summed E-state index contributed by atoms with van der Waals surface area (Å²) in [4.78, 5) is 16.0. The first-order valence-electron chi connectivity index (χ1n) is 25.6. The monoisotopic (exact) mass is 971 g/mol. The van der Waals surface area contributed by atoms with Crippen molar-refractivity contribution in [2.75, 3.05) is 0 Å². The van der Waals surface area contributed by atoms with Crippen LogP contribution in [0.1, 0.15) is 0 Å². The van der Waals surface area contributed by atoms with E-state index in [1.54, 1.807) is 0 Å². The Morgan fingerprint density at radius 3 is 1.34 bits per heavy atom. The molecule has 16 aromatic rings. The van der Waals surface area contributed by atoms with E-state index in [1.165, 1.54) is 27.1 Å². The highest BCUT2D eigenvalue weighted by Gasteiger charge is 2.23. The van der Waals surface area contributed by atoms with E-state index in [2.05, 4.69) is 203 Å². The highest BCUT2D eigenvalue weighted by molar-refractivity contribution is 6.19. The van der Waals surface area contributed by atoms with Crippen molar-refractivity contribution in [3.63, 3.8) is 0 Å². The first-order chi connectivity index (χ1) is 37.7. The van der Waals surface area contributed by atoms with Gasteiger partial charge in [-0.3, -0.25) is 0 Å². The van der Waals surface area contributed by atoms with Gasteiger partial charge in [-0.05, 0) is 113 Å². The van der Waals surface area contributed by atoms with Crippen LogP contribution in [0.4, 0.5) is 0 Å². The molecule has 0 aliphatic rings. The molecule has 354 valence electrons. The Morgan fingerprint density at radius 1 is 0.250 bits per heavy atom. The zero-order valence-corrected chi connectivity index (χ0v) is 40.7. The number of hydrogen-bond donors (Lipinski definition) is 0. The van der Waals surface area contributed by atoms with E-state index in [-0.39, 0.29) is 0 Å². The summed E-state index contributed by atoms with van der Waals surface area (Å²) in [6.07, 6.45) is 0. The van der Waals surface area contributed by atoms with E-state index in [4.69, 9.17) is 23.8 Å². The average Bonchev–Trinajstić information content (AvgIpc) is 4.36. The van der Waals surface area contributed by atoms with Gasteiger partial charge in [0.25, 0.3) is 0 Å². The summed E-state index contributed by atoms with van der Waals surface area (Å²) >= 11 is 0. The van der Waals surface area contributed by atoms with Gasteiger partial charge in [-0.25, -0.2) is 15.0 Å². The molecule has 0 saturated heterocycles. The minimum Gasteiger partial charge on any atom is -0.456 e. The Morgan fingerprint density at radius 2 is 0.697 bits per heavy atom. The van der Waals surface area contributed by atoms with E-state index >= 15 is 0 Å². The average molecular weight is 972 g/mol. The molecule has 11 aromatic carbocycles. The minimum absolute atomic E-state index is 0.545. The smallest absolute Gasteiger partial charge is 0.164 e. The lowest BCUT2D eigenvalue weighted by Crippen LogP contribution is -2.00. The molecule has 5 aromatic heterocycles. The van der Waals surface area contributed by atoms with Gasteiger partial charge in [0.1, 0.15) is 22.3 Å². The molecule has 0 amide bonds. The molecular weight excluding hydrogens is 931 g/mol. The predicted octanol–water partition coefficient (Wildman–Crippen LogP) is 18.2. The molecular formula is C69H41N5O2. The molecule has 0 radical (unpaired) electrons. The van der Waals surface area contributed by atoms with E-state index in [0.717, 1.165) is 111 Å². The molecule has 76 heavy (non-hydrogen) atoms. The second-order valence-corrected chi connectivity index (χ2v) is 19.5.